The number of amides is 1. The molecule has 0 atom stereocenters. The molecule has 5 aromatic rings. The van der Waals surface area contributed by atoms with Crippen LogP contribution in [0.25, 0.3) is 43.2 Å². The predicted octanol–water partition coefficient (Wildman–Crippen LogP) is 7.12. The third-order valence-electron chi connectivity index (χ3n) is 8.52. The monoisotopic (exact) mass is 658 g/mol. The summed E-state index contributed by atoms with van der Waals surface area (Å²) < 4.78 is 42.5. The van der Waals surface area contributed by atoms with Gasteiger partial charge in [0, 0.05) is 71.4 Å². The van der Waals surface area contributed by atoms with Gasteiger partial charge in [-0.05, 0) is 48.2 Å². The van der Waals surface area contributed by atoms with Crippen LogP contribution in [0.1, 0.15) is 21.7 Å². The summed E-state index contributed by atoms with van der Waals surface area (Å²) in [6.45, 7) is 6.83. The quantitative estimate of drug-likeness (QED) is 0.131. The lowest BCUT2D eigenvalue weighted by Gasteiger charge is -2.25. The van der Waals surface area contributed by atoms with Gasteiger partial charge in [0.2, 0.25) is 5.91 Å². The molecule has 0 bridgehead atoms. The Hall–Kier alpha value is -4.03. The van der Waals surface area contributed by atoms with Gasteiger partial charge in [-0.1, -0.05) is 18.7 Å². The van der Waals surface area contributed by atoms with Crippen molar-refractivity contribution in [3.63, 3.8) is 0 Å². The van der Waals surface area contributed by atoms with E-state index in [4.69, 9.17) is 19.4 Å². The summed E-state index contributed by atoms with van der Waals surface area (Å²) in [7, 11) is 3.67. The first-order chi connectivity index (χ1) is 22.3. The number of thiophene rings is 1. The van der Waals surface area contributed by atoms with Gasteiger partial charge in [-0.3, -0.25) is 4.79 Å². The fourth-order valence-electron chi connectivity index (χ4n) is 6.23. The number of pyridine rings is 1. The number of aromatic nitrogens is 2. The Morgan fingerprint density at radius 1 is 1.02 bits per heavy atom. The molecule has 0 radical (unpaired) electrons. The van der Waals surface area contributed by atoms with Crippen LogP contribution in [-0.2, 0) is 35.5 Å². The summed E-state index contributed by atoms with van der Waals surface area (Å²) in [4.78, 5) is 27.7. The first kappa shape index (κ1) is 30.6. The second-order valence-corrected chi connectivity index (χ2v) is 13.5. The summed E-state index contributed by atoms with van der Waals surface area (Å²) in [5.41, 5.74) is 6.35. The largest absolute Gasteiger partial charge is 0.490 e. The third kappa shape index (κ3) is 5.62. The van der Waals surface area contributed by atoms with E-state index in [1.807, 2.05) is 11.4 Å². The van der Waals surface area contributed by atoms with E-state index in [1.54, 1.807) is 12.0 Å². The molecule has 0 unspecified atom stereocenters. The summed E-state index contributed by atoms with van der Waals surface area (Å²) >= 11 is 2.92. The molecule has 0 N–H and O–H groups in total. The van der Waals surface area contributed by atoms with Gasteiger partial charge < -0.3 is 19.3 Å². The summed E-state index contributed by atoms with van der Waals surface area (Å²) in [6.07, 6.45) is 2.85. The van der Waals surface area contributed by atoms with Gasteiger partial charge >= 0.3 is 0 Å². The van der Waals surface area contributed by atoms with E-state index in [2.05, 4.69) is 36.7 Å². The molecule has 11 heteroatoms. The minimum Gasteiger partial charge on any atom is -0.490 e. The fraction of sp³-hybridized carbons (Fsp3) is 0.286. The van der Waals surface area contributed by atoms with Crippen molar-refractivity contribution in [3.05, 3.63) is 87.8 Å². The van der Waals surface area contributed by atoms with E-state index < -0.39 is 11.6 Å². The van der Waals surface area contributed by atoms with Gasteiger partial charge in [-0.25, -0.2) is 18.7 Å². The molecule has 0 fully saturated rings. The van der Waals surface area contributed by atoms with Crippen molar-refractivity contribution in [2.75, 3.05) is 40.5 Å². The van der Waals surface area contributed by atoms with Crippen LogP contribution in [0.3, 0.4) is 0 Å². The Morgan fingerprint density at radius 3 is 2.72 bits per heavy atom. The standard InChI is InChI=1S/C35H32F2N4O3S2/c1-4-29(42)41-11-8-26-28(19-41)46-35(38-26)33-31(30-25(37)16-23(36)17-27(30)44-13-12-43-3)34-24(9-14-45-34)32(39-33)21-5-6-22-18-40(2)10-7-20(22)15-21/h4-6,9,14-17H,1,7-8,10-13,18-19H2,2-3H3. The number of benzene rings is 2. The number of hydrogen-bond acceptors (Lipinski definition) is 8. The van der Waals surface area contributed by atoms with Crippen LogP contribution in [0.15, 0.2) is 54.4 Å². The van der Waals surface area contributed by atoms with Crippen LogP contribution in [0.2, 0.25) is 0 Å². The highest BCUT2D eigenvalue weighted by Crippen LogP contribution is 2.48. The zero-order valence-corrected chi connectivity index (χ0v) is 27.2. The summed E-state index contributed by atoms with van der Waals surface area (Å²) in [6, 6.07) is 10.6. The average molecular weight is 659 g/mol. The molecular weight excluding hydrogens is 627 g/mol. The molecule has 3 aromatic heterocycles. The predicted molar refractivity (Wildman–Crippen MR) is 178 cm³/mol. The molecule has 0 saturated heterocycles. The maximum atomic E-state index is 16.0. The van der Waals surface area contributed by atoms with Crippen molar-refractivity contribution in [1.82, 2.24) is 19.8 Å². The maximum absolute atomic E-state index is 16.0. The highest BCUT2D eigenvalue weighted by atomic mass is 32.1. The number of carbonyl (C=O) groups is 1. The highest BCUT2D eigenvalue weighted by molar-refractivity contribution is 7.18. The number of hydrogen-bond donors (Lipinski definition) is 0. The smallest absolute Gasteiger partial charge is 0.246 e. The van der Waals surface area contributed by atoms with Crippen molar-refractivity contribution in [2.24, 2.45) is 0 Å². The lowest BCUT2D eigenvalue weighted by Crippen LogP contribution is -2.34. The first-order valence-electron chi connectivity index (χ1n) is 15.1. The van der Waals surface area contributed by atoms with E-state index in [1.165, 1.54) is 45.9 Å². The van der Waals surface area contributed by atoms with E-state index in [-0.39, 0.29) is 30.4 Å². The van der Waals surface area contributed by atoms with Crippen LogP contribution >= 0.6 is 22.7 Å². The molecule has 5 heterocycles. The van der Waals surface area contributed by atoms with Crippen LogP contribution in [0, 0.1) is 11.6 Å². The number of nitrogens with zero attached hydrogens (tertiary/aromatic N) is 4. The Balaban J connectivity index is 1.46. The third-order valence-corrected chi connectivity index (χ3v) is 10.5. The minimum atomic E-state index is -0.750. The Morgan fingerprint density at radius 2 is 1.89 bits per heavy atom. The number of thiazole rings is 1. The highest BCUT2D eigenvalue weighted by Gasteiger charge is 2.29. The van der Waals surface area contributed by atoms with Crippen molar-refractivity contribution in [3.8, 4) is 38.8 Å². The normalized spacial score (nSPS) is 14.7. The van der Waals surface area contributed by atoms with Crippen LogP contribution in [0.4, 0.5) is 8.78 Å². The fourth-order valence-corrected chi connectivity index (χ4v) is 8.30. The molecule has 0 spiro atoms. The Kier molecular flexibility index (Phi) is 8.41. The zero-order chi connectivity index (χ0) is 31.9. The average Bonchev–Trinajstić information content (AvgIpc) is 3.71. The van der Waals surface area contributed by atoms with E-state index in [0.29, 0.717) is 35.8 Å². The Labute approximate surface area is 273 Å². The molecule has 0 saturated carbocycles. The van der Waals surface area contributed by atoms with Crippen LogP contribution in [0.5, 0.6) is 5.75 Å². The molecule has 7 nitrogen and oxygen atoms in total. The Bertz CT molecular complexity index is 1990. The number of likely N-dealkylation sites (N-methyl/N-ethyl adjacent to an activating group) is 1. The number of methoxy groups -OCH3 is 1. The topological polar surface area (TPSA) is 67.8 Å². The molecule has 1 amide bonds. The number of halogens is 2. The van der Waals surface area contributed by atoms with E-state index in [0.717, 1.165) is 57.5 Å². The zero-order valence-electron chi connectivity index (χ0n) is 25.6. The second kappa shape index (κ2) is 12.6. The summed E-state index contributed by atoms with van der Waals surface area (Å²) in [5, 5.41) is 3.44. The molecule has 236 valence electrons. The summed E-state index contributed by atoms with van der Waals surface area (Å²) in [5.74, 6) is -1.55. The SMILES string of the molecule is C=CC(=O)N1CCc2nc(-c3nc(-c4ccc5c(c4)CCN(C)C5)c4ccsc4c3-c3c(F)cc(F)cc3OCCOC)sc2C1. The van der Waals surface area contributed by atoms with Crippen LogP contribution in [-0.4, -0.2) is 66.1 Å². The van der Waals surface area contributed by atoms with Gasteiger partial charge in [0.1, 0.15) is 34.7 Å². The van der Waals surface area contributed by atoms with Crippen molar-refractivity contribution in [2.45, 2.75) is 25.9 Å². The maximum Gasteiger partial charge on any atom is 0.246 e. The van der Waals surface area contributed by atoms with Gasteiger partial charge in [0.25, 0.3) is 0 Å². The van der Waals surface area contributed by atoms with Crippen LogP contribution < -0.4 is 4.74 Å². The lowest BCUT2D eigenvalue weighted by atomic mass is 9.94. The first-order valence-corrected chi connectivity index (χ1v) is 16.8. The number of carbonyl (C=O) groups excluding carboxylic acids is 1. The lowest BCUT2D eigenvalue weighted by molar-refractivity contribution is -0.126. The molecule has 2 aromatic carbocycles. The minimum absolute atomic E-state index is 0.0713. The number of fused-ring (bicyclic) bond motifs is 3. The van der Waals surface area contributed by atoms with Gasteiger partial charge in [-0.15, -0.1) is 22.7 Å². The molecule has 2 aliphatic heterocycles. The van der Waals surface area contributed by atoms with Crippen molar-refractivity contribution >= 4 is 38.7 Å². The molecule has 2 aliphatic rings. The molecular formula is C35H32F2N4O3S2. The van der Waals surface area contributed by atoms with E-state index in [9.17, 15) is 9.18 Å². The molecule has 7 rings (SSSR count). The molecule has 0 aliphatic carbocycles. The van der Waals surface area contributed by atoms with Gasteiger partial charge in [0.05, 0.1) is 30.1 Å². The van der Waals surface area contributed by atoms with Gasteiger partial charge in [0.15, 0.2) is 0 Å². The number of ether oxygens (including phenoxy) is 2. The number of rotatable bonds is 8. The van der Waals surface area contributed by atoms with E-state index >= 15 is 4.39 Å². The van der Waals surface area contributed by atoms with Crippen molar-refractivity contribution in [1.29, 1.82) is 0 Å². The van der Waals surface area contributed by atoms with Crippen molar-refractivity contribution < 1.29 is 23.0 Å². The molecule has 46 heavy (non-hydrogen) atoms. The second-order valence-electron chi connectivity index (χ2n) is 11.5. The van der Waals surface area contributed by atoms with Gasteiger partial charge in [-0.2, -0.15) is 0 Å².